The predicted molar refractivity (Wildman–Crippen MR) is 146 cm³/mol. The molecule has 0 unspecified atom stereocenters. The Bertz CT molecular complexity index is 1580. The van der Waals surface area contributed by atoms with Gasteiger partial charge in [0.1, 0.15) is 28.4 Å². The van der Waals surface area contributed by atoms with E-state index >= 15 is 0 Å². The zero-order valence-electron chi connectivity index (χ0n) is 22.8. The summed E-state index contributed by atoms with van der Waals surface area (Å²) in [6.45, 7) is 1.77. The van der Waals surface area contributed by atoms with Crippen molar-refractivity contribution in [1.82, 2.24) is 24.4 Å². The van der Waals surface area contributed by atoms with Crippen molar-refractivity contribution in [3.63, 3.8) is 0 Å². The molecule has 3 heterocycles. The summed E-state index contributed by atoms with van der Waals surface area (Å²) in [4.78, 5) is 41.3. The van der Waals surface area contributed by atoms with E-state index in [1.165, 1.54) is 0 Å². The second-order valence-electron chi connectivity index (χ2n) is 9.76. The Kier molecular flexibility index (Phi) is 8.85. The zero-order chi connectivity index (χ0) is 30.6. The van der Waals surface area contributed by atoms with Gasteiger partial charge in [0.15, 0.2) is 0 Å². The van der Waals surface area contributed by atoms with Crippen molar-refractivity contribution in [2.75, 3.05) is 27.2 Å². The summed E-state index contributed by atoms with van der Waals surface area (Å²) in [6, 6.07) is 16.9. The lowest BCUT2D eigenvalue weighted by molar-refractivity contribution is -0.192. The number of amides is 2. The minimum Gasteiger partial charge on any atom is -0.475 e. The molecule has 11 nitrogen and oxygen atoms in total. The van der Waals surface area contributed by atoms with Gasteiger partial charge in [-0.3, -0.25) is 9.59 Å². The Morgan fingerprint density at radius 2 is 1.69 bits per heavy atom. The molecular weight excluding hydrogens is 557 g/mol. The highest BCUT2D eigenvalue weighted by atomic mass is 19.4. The number of benzene rings is 2. The third-order valence-corrected chi connectivity index (χ3v) is 6.45. The fraction of sp³-hybridized carbons (Fsp3) is 0.286. The van der Waals surface area contributed by atoms with Gasteiger partial charge >= 0.3 is 12.1 Å². The molecule has 4 N–H and O–H groups in total. The first-order chi connectivity index (χ1) is 19.8. The molecule has 0 atom stereocenters. The molecular formula is C28H29F3N6O5. The summed E-state index contributed by atoms with van der Waals surface area (Å²) in [5, 5.41) is 11.9. The van der Waals surface area contributed by atoms with Gasteiger partial charge in [0.25, 0.3) is 5.91 Å². The second-order valence-corrected chi connectivity index (χ2v) is 9.76. The monoisotopic (exact) mass is 586 g/mol. The topological polar surface area (TPSA) is 146 Å². The highest BCUT2D eigenvalue weighted by molar-refractivity contribution is 6.04. The number of carbonyl (C=O) groups excluding carboxylic acids is 2. The van der Waals surface area contributed by atoms with Crippen LogP contribution in [-0.4, -0.2) is 80.6 Å². The number of fused-ring (bicyclic) bond motifs is 3. The van der Waals surface area contributed by atoms with Crippen molar-refractivity contribution in [3.8, 4) is 22.8 Å². The van der Waals surface area contributed by atoms with E-state index in [2.05, 4.69) is 4.98 Å². The Balaban J connectivity index is 0.000000517. The Hall–Kier alpha value is -4.85. The summed E-state index contributed by atoms with van der Waals surface area (Å²) in [6.07, 6.45) is -3.95. The maximum absolute atomic E-state index is 12.7. The van der Waals surface area contributed by atoms with Crippen molar-refractivity contribution in [2.24, 2.45) is 5.73 Å². The Labute approximate surface area is 238 Å². The molecule has 0 aliphatic carbocycles. The minimum absolute atomic E-state index is 0.107. The maximum Gasteiger partial charge on any atom is 0.490 e. The van der Waals surface area contributed by atoms with E-state index in [0.717, 1.165) is 22.7 Å². The number of carboxylic acid groups (broad SMARTS) is 1. The number of rotatable bonds is 7. The number of halogens is 3. The fourth-order valence-corrected chi connectivity index (χ4v) is 4.38. The standard InChI is InChI=1S/C26H28N6O3.C2HF3O2/c1-30(2)14-13-22(33)31-15-12-20-21(16-31)32-26(28-20)23(25(27)34)24(29-32)17-8-10-19(11-9-17)35-18-6-4-3-5-7-18;3-2(4,5)1(6)7/h3-11,28H,12-16H2,1-2H3,(H2,27,34);(H,6,7). The first-order valence-corrected chi connectivity index (χ1v) is 12.8. The van der Waals surface area contributed by atoms with Gasteiger partial charge in [-0.25, -0.2) is 9.31 Å². The van der Waals surface area contributed by atoms with Crippen LogP contribution in [0.2, 0.25) is 0 Å². The quantitative estimate of drug-likeness (QED) is 0.299. The smallest absolute Gasteiger partial charge is 0.475 e. The average Bonchev–Trinajstić information content (AvgIpc) is 3.48. The van der Waals surface area contributed by atoms with Gasteiger partial charge in [-0.15, -0.1) is 0 Å². The molecule has 222 valence electrons. The van der Waals surface area contributed by atoms with Gasteiger partial charge in [0, 0.05) is 37.2 Å². The number of aliphatic carboxylic acids is 1. The summed E-state index contributed by atoms with van der Waals surface area (Å²) in [5.41, 5.74) is 9.78. The van der Waals surface area contributed by atoms with Crippen LogP contribution in [0.1, 0.15) is 28.2 Å². The molecule has 0 saturated carbocycles. The normalized spacial score (nSPS) is 13.0. The summed E-state index contributed by atoms with van der Waals surface area (Å²) in [5.74, 6) is -1.79. The van der Waals surface area contributed by atoms with E-state index in [-0.39, 0.29) is 5.91 Å². The number of nitrogens with two attached hydrogens (primary N) is 1. The first-order valence-electron chi connectivity index (χ1n) is 12.8. The lowest BCUT2D eigenvalue weighted by Gasteiger charge is -2.27. The average molecular weight is 587 g/mol. The highest BCUT2D eigenvalue weighted by Crippen LogP contribution is 2.31. The van der Waals surface area contributed by atoms with Crippen LogP contribution in [0.3, 0.4) is 0 Å². The van der Waals surface area contributed by atoms with Crippen molar-refractivity contribution in [2.45, 2.75) is 25.6 Å². The van der Waals surface area contributed by atoms with Crippen LogP contribution in [0.4, 0.5) is 13.2 Å². The van der Waals surface area contributed by atoms with Crippen LogP contribution in [0.25, 0.3) is 16.9 Å². The van der Waals surface area contributed by atoms with E-state index in [0.29, 0.717) is 55.1 Å². The first kappa shape index (κ1) is 30.1. The fourth-order valence-electron chi connectivity index (χ4n) is 4.38. The van der Waals surface area contributed by atoms with Gasteiger partial charge in [0.05, 0.1) is 12.2 Å². The lowest BCUT2D eigenvalue weighted by Crippen LogP contribution is -2.37. The number of para-hydroxylation sites is 1. The molecule has 1 aliphatic rings. The number of hydrogen-bond donors (Lipinski definition) is 3. The lowest BCUT2D eigenvalue weighted by atomic mass is 10.1. The number of nitrogens with one attached hydrogen (secondary N) is 1. The SMILES string of the molecule is CN(C)CCC(=O)N1CCc2[nH]c3c(C(N)=O)c(-c4ccc(Oc5ccccc5)cc4)nn3c2C1.O=C(O)C(F)(F)F. The third-order valence-electron chi connectivity index (χ3n) is 6.45. The van der Waals surface area contributed by atoms with Crippen molar-refractivity contribution >= 4 is 23.4 Å². The number of nitrogens with zero attached hydrogens (tertiary/aromatic N) is 4. The van der Waals surface area contributed by atoms with E-state index in [1.54, 1.807) is 4.52 Å². The number of aromatic amines is 1. The summed E-state index contributed by atoms with van der Waals surface area (Å²) < 4.78 is 39.3. The molecule has 2 aromatic carbocycles. The number of ether oxygens (including phenoxy) is 1. The van der Waals surface area contributed by atoms with Crippen molar-refractivity contribution in [1.29, 1.82) is 0 Å². The van der Waals surface area contributed by atoms with Crippen LogP contribution < -0.4 is 10.5 Å². The molecule has 0 radical (unpaired) electrons. The van der Waals surface area contributed by atoms with E-state index in [9.17, 15) is 22.8 Å². The summed E-state index contributed by atoms with van der Waals surface area (Å²) >= 11 is 0. The van der Waals surface area contributed by atoms with E-state index < -0.39 is 18.1 Å². The molecule has 42 heavy (non-hydrogen) atoms. The molecule has 0 spiro atoms. The number of imidazole rings is 1. The molecule has 0 bridgehead atoms. The van der Waals surface area contributed by atoms with E-state index in [1.807, 2.05) is 78.5 Å². The number of alkyl halides is 3. The van der Waals surface area contributed by atoms with Crippen LogP contribution in [0, 0.1) is 0 Å². The van der Waals surface area contributed by atoms with Gasteiger partial charge in [-0.2, -0.15) is 18.3 Å². The highest BCUT2D eigenvalue weighted by Gasteiger charge is 2.38. The number of primary amides is 1. The predicted octanol–water partition coefficient (Wildman–Crippen LogP) is 3.69. The molecule has 14 heteroatoms. The second kappa shape index (κ2) is 12.3. The van der Waals surface area contributed by atoms with Crippen LogP contribution in [0.15, 0.2) is 54.6 Å². The molecule has 4 aromatic rings. The Morgan fingerprint density at radius 1 is 1.07 bits per heavy atom. The zero-order valence-corrected chi connectivity index (χ0v) is 22.8. The van der Waals surface area contributed by atoms with Crippen molar-refractivity contribution < 1.29 is 37.4 Å². The van der Waals surface area contributed by atoms with Gasteiger partial charge in [0.2, 0.25) is 5.91 Å². The van der Waals surface area contributed by atoms with E-state index in [4.69, 9.17) is 25.5 Å². The number of H-pyrrole nitrogens is 1. The molecule has 2 aromatic heterocycles. The number of hydrogen-bond acceptors (Lipinski definition) is 6. The summed E-state index contributed by atoms with van der Waals surface area (Å²) in [7, 11) is 3.91. The third kappa shape index (κ3) is 6.89. The Morgan fingerprint density at radius 3 is 2.26 bits per heavy atom. The molecule has 0 saturated heterocycles. The number of carbonyl (C=O) groups is 3. The number of aromatic nitrogens is 3. The number of carboxylic acids is 1. The molecule has 1 aliphatic heterocycles. The van der Waals surface area contributed by atoms with Gasteiger partial charge in [-0.05, 0) is 50.5 Å². The van der Waals surface area contributed by atoms with Crippen molar-refractivity contribution in [3.05, 3.63) is 71.5 Å². The van der Waals surface area contributed by atoms with Crippen LogP contribution in [-0.2, 0) is 22.6 Å². The molecule has 0 fully saturated rings. The maximum atomic E-state index is 12.7. The minimum atomic E-state index is -5.08. The van der Waals surface area contributed by atoms with Gasteiger partial charge < -0.3 is 30.4 Å². The van der Waals surface area contributed by atoms with Crippen LogP contribution >= 0.6 is 0 Å². The van der Waals surface area contributed by atoms with Gasteiger partial charge in [-0.1, -0.05) is 18.2 Å². The van der Waals surface area contributed by atoms with Crippen LogP contribution in [0.5, 0.6) is 11.5 Å². The molecule has 5 rings (SSSR count). The largest absolute Gasteiger partial charge is 0.490 e. The molecule has 2 amide bonds.